The molecular formula is C16H26N2O5S. The number of hydrogen-bond donors (Lipinski definition) is 3. The minimum Gasteiger partial charge on any atom is -0.476 e. The maximum Gasteiger partial charge on any atom is 0.355 e. The van der Waals surface area contributed by atoms with Gasteiger partial charge < -0.3 is 20.3 Å². The zero-order chi connectivity index (χ0) is 18.5. The molecular weight excluding hydrogens is 332 g/mol. The summed E-state index contributed by atoms with van der Waals surface area (Å²) >= 11 is 1.11. The predicted octanol–water partition coefficient (Wildman–Crippen LogP) is 2.22. The Morgan fingerprint density at radius 1 is 1.38 bits per heavy atom. The Kier molecular flexibility index (Phi) is 7.31. The zero-order valence-corrected chi connectivity index (χ0v) is 15.5. The van der Waals surface area contributed by atoms with E-state index >= 15 is 0 Å². The molecule has 2 unspecified atom stereocenters. The predicted molar refractivity (Wildman–Crippen MR) is 91.1 cm³/mol. The number of nitrogens with one attached hydrogen (secondary N) is 1. The summed E-state index contributed by atoms with van der Waals surface area (Å²) in [6.45, 7) is 9.41. The van der Waals surface area contributed by atoms with Gasteiger partial charge in [0.1, 0.15) is 16.7 Å². The molecule has 0 aliphatic heterocycles. The molecule has 0 amide bonds. The van der Waals surface area contributed by atoms with E-state index in [0.717, 1.165) is 11.3 Å². The number of thiazole rings is 1. The minimum atomic E-state index is -1.12. The summed E-state index contributed by atoms with van der Waals surface area (Å²) in [5.74, 6) is -1.31. The highest BCUT2D eigenvalue weighted by Crippen LogP contribution is 2.24. The van der Waals surface area contributed by atoms with Gasteiger partial charge in [-0.15, -0.1) is 11.3 Å². The van der Waals surface area contributed by atoms with Gasteiger partial charge in [0.2, 0.25) is 0 Å². The number of carboxylic acids is 1. The van der Waals surface area contributed by atoms with Crippen LogP contribution in [-0.2, 0) is 9.53 Å². The molecule has 1 rings (SSSR count). The number of esters is 1. The smallest absolute Gasteiger partial charge is 0.355 e. The first-order valence-electron chi connectivity index (χ1n) is 7.81. The van der Waals surface area contributed by atoms with Crippen LogP contribution in [0.2, 0.25) is 0 Å². The van der Waals surface area contributed by atoms with Crippen molar-refractivity contribution < 1.29 is 24.5 Å². The van der Waals surface area contributed by atoms with E-state index in [0.29, 0.717) is 11.4 Å². The Morgan fingerprint density at radius 2 is 2.00 bits per heavy atom. The number of ether oxygens (including phenoxy) is 1. The second-order valence-electron chi connectivity index (χ2n) is 6.95. The van der Waals surface area contributed by atoms with Crippen molar-refractivity contribution in [1.29, 1.82) is 0 Å². The van der Waals surface area contributed by atoms with Gasteiger partial charge in [0.25, 0.3) is 0 Å². The average Bonchev–Trinajstić information content (AvgIpc) is 2.90. The molecule has 0 spiro atoms. The number of rotatable bonds is 8. The average molecular weight is 358 g/mol. The number of nitrogens with zero attached hydrogens (tertiary/aromatic N) is 1. The molecule has 1 aromatic rings. The third-order valence-corrected chi connectivity index (χ3v) is 4.18. The van der Waals surface area contributed by atoms with E-state index in [1.54, 1.807) is 20.8 Å². The van der Waals surface area contributed by atoms with Crippen molar-refractivity contribution in [1.82, 2.24) is 10.3 Å². The van der Waals surface area contributed by atoms with Crippen LogP contribution < -0.4 is 5.32 Å². The van der Waals surface area contributed by atoms with Crippen molar-refractivity contribution in [3.8, 4) is 0 Å². The molecule has 0 aliphatic rings. The largest absolute Gasteiger partial charge is 0.476 e. The molecule has 0 radical (unpaired) electrons. The Morgan fingerprint density at radius 3 is 2.46 bits per heavy atom. The van der Waals surface area contributed by atoms with Crippen molar-refractivity contribution in [3.63, 3.8) is 0 Å². The molecule has 0 saturated heterocycles. The number of carbonyl (C=O) groups is 2. The van der Waals surface area contributed by atoms with Gasteiger partial charge in [0.05, 0.1) is 6.54 Å². The number of hydrogen-bond acceptors (Lipinski definition) is 7. The summed E-state index contributed by atoms with van der Waals surface area (Å²) in [4.78, 5) is 26.6. The third kappa shape index (κ3) is 6.94. The fourth-order valence-electron chi connectivity index (χ4n) is 2.06. The van der Waals surface area contributed by atoms with Crippen LogP contribution in [0, 0.1) is 5.92 Å². The minimum absolute atomic E-state index is 0.0467. The second kappa shape index (κ2) is 8.55. The van der Waals surface area contributed by atoms with Crippen molar-refractivity contribution >= 4 is 23.3 Å². The van der Waals surface area contributed by atoms with Crippen LogP contribution in [0.15, 0.2) is 5.38 Å². The van der Waals surface area contributed by atoms with Crippen molar-refractivity contribution in [2.24, 2.45) is 5.92 Å². The summed E-state index contributed by atoms with van der Waals surface area (Å²) in [5.41, 5.74) is -0.614. The van der Waals surface area contributed by atoms with Gasteiger partial charge in [0, 0.05) is 11.4 Å². The number of aromatic nitrogens is 1. The topological polar surface area (TPSA) is 109 Å². The standard InChI is InChI=1S/C16H26N2O5S/c1-9(2)10(17-7-13(20)23-16(3,4)5)6-12(19)14-18-11(8-24-14)15(21)22/h8-10,12,17,19H,6-7H2,1-5H3,(H,21,22). The number of aliphatic hydroxyl groups excluding tert-OH is 1. The van der Waals surface area contributed by atoms with Crippen LogP contribution in [0.3, 0.4) is 0 Å². The molecule has 136 valence electrons. The molecule has 0 bridgehead atoms. The molecule has 1 aromatic heterocycles. The van der Waals surface area contributed by atoms with Crippen LogP contribution in [-0.4, -0.2) is 45.3 Å². The third-order valence-electron chi connectivity index (χ3n) is 3.24. The van der Waals surface area contributed by atoms with Crippen molar-refractivity contribution in [3.05, 3.63) is 16.1 Å². The normalized spacial score (nSPS) is 14.5. The van der Waals surface area contributed by atoms with Crippen molar-refractivity contribution in [2.45, 2.75) is 58.8 Å². The van der Waals surface area contributed by atoms with E-state index in [4.69, 9.17) is 9.84 Å². The molecule has 2 atom stereocenters. The lowest BCUT2D eigenvalue weighted by molar-refractivity contribution is -0.153. The summed E-state index contributed by atoms with van der Waals surface area (Å²) in [5, 5.41) is 24.0. The lowest BCUT2D eigenvalue weighted by Gasteiger charge is -2.25. The van der Waals surface area contributed by atoms with Gasteiger partial charge >= 0.3 is 11.9 Å². The lowest BCUT2D eigenvalue weighted by Crippen LogP contribution is -2.40. The monoisotopic (exact) mass is 358 g/mol. The number of carboxylic acid groups (broad SMARTS) is 1. The van der Waals surface area contributed by atoms with E-state index in [-0.39, 0.29) is 30.2 Å². The highest BCUT2D eigenvalue weighted by molar-refractivity contribution is 7.09. The van der Waals surface area contributed by atoms with Crippen LogP contribution >= 0.6 is 11.3 Å². The Bertz CT molecular complexity index is 565. The molecule has 1 heterocycles. The summed E-state index contributed by atoms with van der Waals surface area (Å²) < 4.78 is 5.25. The molecule has 0 saturated carbocycles. The van der Waals surface area contributed by atoms with Gasteiger partial charge in [-0.05, 0) is 33.1 Å². The Hall–Kier alpha value is -1.51. The molecule has 0 aromatic carbocycles. The van der Waals surface area contributed by atoms with E-state index in [1.165, 1.54) is 5.38 Å². The summed E-state index contributed by atoms with van der Waals surface area (Å²) in [7, 11) is 0. The molecule has 7 nitrogen and oxygen atoms in total. The van der Waals surface area contributed by atoms with Gasteiger partial charge in [-0.3, -0.25) is 4.79 Å². The van der Waals surface area contributed by atoms with Crippen LogP contribution in [0.25, 0.3) is 0 Å². The van der Waals surface area contributed by atoms with Crippen LogP contribution in [0.4, 0.5) is 0 Å². The molecule has 0 aliphatic carbocycles. The van der Waals surface area contributed by atoms with Gasteiger partial charge in [-0.25, -0.2) is 9.78 Å². The Balaban J connectivity index is 2.61. The summed E-state index contributed by atoms with van der Waals surface area (Å²) in [6.07, 6.45) is -0.561. The first-order valence-corrected chi connectivity index (χ1v) is 8.69. The van der Waals surface area contributed by atoms with Crippen LogP contribution in [0.5, 0.6) is 0 Å². The SMILES string of the molecule is CC(C)C(CC(O)c1nc(C(=O)O)cs1)NCC(=O)OC(C)(C)C. The van der Waals surface area contributed by atoms with Crippen LogP contribution in [0.1, 0.15) is 62.6 Å². The fourth-order valence-corrected chi connectivity index (χ4v) is 2.85. The maximum atomic E-state index is 11.8. The zero-order valence-electron chi connectivity index (χ0n) is 14.7. The maximum absolute atomic E-state index is 11.8. The van der Waals surface area contributed by atoms with Crippen molar-refractivity contribution in [2.75, 3.05) is 6.54 Å². The number of carbonyl (C=O) groups excluding carboxylic acids is 1. The quantitative estimate of drug-likeness (QED) is 0.611. The van der Waals surface area contributed by atoms with E-state index in [2.05, 4.69) is 10.3 Å². The first-order chi connectivity index (χ1) is 11.0. The number of aromatic carboxylic acids is 1. The fraction of sp³-hybridized carbons (Fsp3) is 0.688. The molecule has 8 heteroatoms. The molecule has 24 heavy (non-hydrogen) atoms. The molecule has 3 N–H and O–H groups in total. The van der Waals surface area contributed by atoms with Gasteiger partial charge in [0.15, 0.2) is 5.69 Å². The van der Waals surface area contributed by atoms with Gasteiger partial charge in [-0.1, -0.05) is 13.8 Å². The first kappa shape index (κ1) is 20.5. The highest BCUT2D eigenvalue weighted by atomic mass is 32.1. The Labute approximate surface area is 146 Å². The lowest BCUT2D eigenvalue weighted by atomic mass is 9.98. The molecule has 0 fully saturated rings. The number of aliphatic hydroxyl groups is 1. The summed E-state index contributed by atoms with van der Waals surface area (Å²) in [6, 6.07) is -0.135. The van der Waals surface area contributed by atoms with E-state index in [9.17, 15) is 14.7 Å². The van der Waals surface area contributed by atoms with E-state index < -0.39 is 17.7 Å². The van der Waals surface area contributed by atoms with E-state index in [1.807, 2.05) is 13.8 Å². The van der Waals surface area contributed by atoms with Gasteiger partial charge in [-0.2, -0.15) is 0 Å². The second-order valence-corrected chi connectivity index (χ2v) is 7.84. The highest BCUT2D eigenvalue weighted by Gasteiger charge is 2.24.